The zero-order chi connectivity index (χ0) is 20.1. The van der Waals surface area contributed by atoms with Gasteiger partial charge in [-0.15, -0.1) is 0 Å². The first-order valence-electron chi connectivity index (χ1n) is 9.68. The molecule has 4 aromatic rings. The number of aryl methyl sites for hydroxylation is 1. The number of amides is 1. The molecule has 4 heteroatoms. The Morgan fingerprint density at radius 2 is 1.48 bits per heavy atom. The van der Waals surface area contributed by atoms with Crippen LogP contribution in [0.2, 0.25) is 0 Å². The van der Waals surface area contributed by atoms with E-state index in [2.05, 4.69) is 29.5 Å². The third-order valence-electron chi connectivity index (χ3n) is 5.02. The van der Waals surface area contributed by atoms with E-state index >= 15 is 0 Å². The summed E-state index contributed by atoms with van der Waals surface area (Å²) in [5.74, 6) is -0.449. The van der Waals surface area contributed by atoms with E-state index in [9.17, 15) is 4.79 Å². The first-order valence-corrected chi connectivity index (χ1v) is 9.68. The van der Waals surface area contributed by atoms with Crippen molar-refractivity contribution in [3.63, 3.8) is 0 Å². The van der Waals surface area contributed by atoms with Gasteiger partial charge in [0.1, 0.15) is 0 Å². The SMILES string of the molecule is Cc1ccccc1Cn1cc(NC(=O)C(c2ccccc2)c2ccccc2)cn1. The van der Waals surface area contributed by atoms with Crippen LogP contribution in [0.1, 0.15) is 28.2 Å². The molecule has 0 aliphatic carbocycles. The molecule has 0 saturated heterocycles. The molecule has 0 spiro atoms. The van der Waals surface area contributed by atoms with E-state index in [0.29, 0.717) is 12.2 Å². The third-order valence-corrected chi connectivity index (χ3v) is 5.02. The van der Waals surface area contributed by atoms with Crippen LogP contribution in [0.4, 0.5) is 5.69 Å². The Morgan fingerprint density at radius 3 is 2.10 bits per heavy atom. The summed E-state index contributed by atoms with van der Waals surface area (Å²) in [4.78, 5) is 13.2. The van der Waals surface area contributed by atoms with Crippen molar-refractivity contribution in [2.75, 3.05) is 5.32 Å². The van der Waals surface area contributed by atoms with Gasteiger partial charge in [0.05, 0.1) is 24.3 Å². The van der Waals surface area contributed by atoms with Crippen LogP contribution in [0.3, 0.4) is 0 Å². The number of aromatic nitrogens is 2. The Bertz CT molecular complexity index is 1050. The van der Waals surface area contributed by atoms with Gasteiger partial charge < -0.3 is 5.32 Å². The molecule has 4 nitrogen and oxygen atoms in total. The van der Waals surface area contributed by atoms with Crippen LogP contribution in [-0.2, 0) is 11.3 Å². The van der Waals surface area contributed by atoms with Crippen molar-refractivity contribution in [2.45, 2.75) is 19.4 Å². The topological polar surface area (TPSA) is 46.9 Å². The number of carbonyl (C=O) groups excluding carboxylic acids is 1. The molecule has 1 aromatic heterocycles. The van der Waals surface area contributed by atoms with Crippen LogP contribution in [0, 0.1) is 6.92 Å². The first kappa shape index (κ1) is 18.7. The molecule has 0 fully saturated rings. The normalized spacial score (nSPS) is 10.8. The van der Waals surface area contributed by atoms with E-state index in [1.54, 1.807) is 6.20 Å². The number of rotatable bonds is 6. The second kappa shape index (κ2) is 8.57. The highest BCUT2D eigenvalue weighted by Gasteiger charge is 2.23. The van der Waals surface area contributed by atoms with Crippen molar-refractivity contribution < 1.29 is 4.79 Å². The van der Waals surface area contributed by atoms with Crippen molar-refractivity contribution in [1.82, 2.24) is 9.78 Å². The van der Waals surface area contributed by atoms with Crippen LogP contribution in [0.15, 0.2) is 97.3 Å². The monoisotopic (exact) mass is 381 g/mol. The van der Waals surface area contributed by atoms with Gasteiger partial charge in [-0.1, -0.05) is 84.9 Å². The van der Waals surface area contributed by atoms with E-state index in [0.717, 1.165) is 11.1 Å². The zero-order valence-electron chi connectivity index (χ0n) is 16.3. The molecule has 144 valence electrons. The summed E-state index contributed by atoms with van der Waals surface area (Å²) in [5, 5.41) is 7.45. The van der Waals surface area contributed by atoms with Gasteiger partial charge in [-0.3, -0.25) is 9.48 Å². The fraction of sp³-hybridized carbons (Fsp3) is 0.120. The standard InChI is InChI=1S/C25H23N3O/c1-19-10-8-9-15-22(19)17-28-18-23(16-26-28)27-25(29)24(20-11-4-2-5-12-20)21-13-6-3-7-14-21/h2-16,18,24H,17H2,1H3,(H,27,29). The number of carbonyl (C=O) groups is 1. The van der Waals surface area contributed by atoms with Gasteiger partial charge in [0.2, 0.25) is 5.91 Å². The van der Waals surface area contributed by atoms with Crippen molar-refractivity contribution in [3.05, 3.63) is 120 Å². The number of hydrogen-bond acceptors (Lipinski definition) is 2. The average molecular weight is 381 g/mol. The van der Waals surface area contributed by atoms with Crippen molar-refractivity contribution >= 4 is 11.6 Å². The van der Waals surface area contributed by atoms with Crippen LogP contribution < -0.4 is 5.32 Å². The lowest BCUT2D eigenvalue weighted by molar-refractivity contribution is -0.116. The molecule has 0 atom stereocenters. The van der Waals surface area contributed by atoms with E-state index in [1.807, 2.05) is 83.7 Å². The van der Waals surface area contributed by atoms with Gasteiger partial charge in [0.15, 0.2) is 0 Å². The van der Waals surface area contributed by atoms with Crippen molar-refractivity contribution in [3.8, 4) is 0 Å². The molecule has 0 radical (unpaired) electrons. The quantitative estimate of drug-likeness (QED) is 0.510. The maximum Gasteiger partial charge on any atom is 0.236 e. The zero-order valence-corrected chi connectivity index (χ0v) is 16.3. The highest BCUT2D eigenvalue weighted by Crippen LogP contribution is 2.26. The maximum atomic E-state index is 13.2. The van der Waals surface area contributed by atoms with Gasteiger partial charge in [0, 0.05) is 6.20 Å². The molecule has 4 rings (SSSR count). The lowest BCUT2D eigenvalue weighted by atomic mass is 9.90. The van der Waals surface area contributed by atoms with Crippen LogP contribution in [-0.4, -0.2) is 15.7 Å². The molecule has 1 N–H and O–H groups in total. The average Bonchev–Trinajstić information content (AvgIpc) is 3.18. The Morgan fingerprint density at radius 1 is 0.897 bits per heavy atom. The predicted octanol–water partition coefficient (Wildman–Crippen LogP) is 5.01. The van der Waals surface area contributed by atoms with Crippen LogP contribution >= 0.6 is 0 Å². The summed E-state index contributed by atoms with van der Waals surface area (Å²) in [6.07, 6.45) is 3.57. The summed E-state index contributed by atoms with van der Waals surface area (Å²) in [5.41, 5.74) is 5.05. The molecule has 0 saturated carbocycles. The van der Waals surface area contributed by atoms with Crippen molar-refractivity contribution in [2.24, 2.45) is 0 Å². The molecule has 0 unspecified atom stereocenters. The van der Waals surface area contributed by atoms with Crippen LogP contribution in [0.5, 0.6) is 0 Å². The summed E-state index contributed by atoms with van der Waals surface area (Å²) in [6, 6.07) is 27.9. The number of hydrogen-bond donors (Lipinski definition) is 1. The van der Waals surface area contributed by atoms with Crippen LogP contribution in [0.25, 0.3) is 0 Å². The van der Waals surface area contributed by atoms with E-state index < -0.39 is 0 Å². The maximum absolute atomic E-state index is 13.2. The van der Waals surface area contributed by atoms with E-state index in [4.69, 9.17) is 0 Å². The molecule has 0 bridgehead atoms. The summed E-state index contributed by atoms with van der Waals surface area (Å²) in [6.45, 7) is 2.76. The first-order chi connectivity index (χ1) is 14.2. The minimum Gasteiger partial charge on any atom is -0.323 e. The Kier molecular flexibility index (Phi) is 5.52. The fourth-order valence-electron chi connectivity index (χ4n) is 3.48. The summed E-state index contributed by atoms with van der Waals surface area (Å²) < 4.78 is 1.85. The molecule has 0 aliphatic heterocycles. The Hall–Kier alpha value is -3.66. The largest absolute Gasteiger partial charge is 0.323 e. The highest BCUT2D eigenvalue weighted by atomic mass is 16.1. The summed E-state index contributed by atoms with van der Waals surface area (Å²) >= 11 is 0. The Labute approximate surface area is 170 Å². The van der Waals surface area contributed by atoms with E-state index in [1.165, 1.54) is 11.1 Å². The number of benzene rings is 3. The minimum atomic E-state index is -0.378. The molecule has 1 heterocycles. The smallest absolute Gasteiger partial charge is 0.236 e. The number of anilines is 1. The van der Waals surface area contributed by atoms with E-state index in [-0.39, 0.29) is 11.8 Å². The number of nitrogens with zero attached hydrogens (tertiary/aromatic N) is 2. The summed E-state index contributed by atoms with van der Waals surface area (Å²) in [7, 11) is 0. The third kappa shape index (κ3) is 4.43. The van der Waals surface area contributed by atoms with Gasteiger partial charge in [-0.05, 0) is 29.2 Å². The minimum absolute atomic E-state index is 0.0714. The van der Waals surface area contributed by atoms with Crippen molar-refractivity contribution in [1.29, 1.82) is 0 Å². The van der Waals surface area contributed by atoms with Gasteiger partial charge in [-0.2, -0.15) is 5.10 Å². The molecule has 0 aliphatic rings. The molecule has 1 amide bonds. The second-order valence-electron chi connectivity index (χ2n) is 7.10. The highest BCUT2D eigenvalue weighted by molar-refractivity contribution is 5.98. The Balaban J connectivity index is 1.54. The lowest BCUT2D eigenvalue weighted by Crippen LogP contribution is -2.22. The lowest BCUT2D eigenvalue weighted by Gasteiger charge is -2.17. The molecular formula is C25H23N3O. The predicted molar refractivity (Wildman–Crippen MR) is 116 cm³/mol. The van der Waals surface area contributed by atoms with Gasteiger partial charge in [0.25, 0.3) is 0 Å². The second-order valence-corrected chi connectivity index (χ2v) is 7.10. The van der Waals surface area contributed by atoms with Gasteiger partial charge >= 0.3 is 0 Å². The molecular weight excluding hydrogens is 358 g/mol. The fourth-order valence-corrected chi connectivity index (χ4v) is 3.48. The van der Waals surface area contributed by atoms with Gasteiger partial charge in [-0.25, -0.2) is 0 Å². The molecule has 29 heavy (non-hydrogen) atoms. The number of nitrogens with one attached hydrogen (secondary N) is 1. The molecule has 3 aromatic carbocycles.